The summed E-state index contributed by atoms with van der Waals surface area (Å²) < 4.78 is 22.7. The first-order valence-corrected chi connectivity index (χ1v) is 12.0. The molecular weight excluding hydrogens is 456 g/mol. The second-order valence-corrected chi connectivity index (χ2v) is 8.55. The van der Waals surface area contributed by atoms with Crippen LogP contribution in [0, 0.1) is 6.92 Å². The first-order valence-electron chi connectivity index (χ1n) is 12.0. The van der Waals surface area contributed by atoms with Crippen LogP contribution in [0.25, 0.3) is 10.9 Å². The van der Waals surface area contributed by atoms with Crippen molar-refractivity contribution in [2.45, 2.75) is 19.4 Å². The normalized spacial score (nSPS) is 11.8. The van der Waals surface area contributed by atoms with Crippen molar-refractivity contribution < 1.29 is 23.7 Å². The highest BCUT2D eigenvalue weighted by atomic mass is 16.6. The fraction of sp³-hybridized carbons (Fsp3) is 0.276. The maximum Gasteiger partial charge on any atom is 0.338 e. The third kappa shape index (κ3) is 6.37. The number of fused-ring (bicyclic) bond motifs is 1. The smallest absolute Gasteiger partial charge is 0.338 e. The summed E-state index contributed by atoms with van der Waals surface area (Å²) in [6, 6.07) is 20.9. The molecule has 0 spiro atoms. The van der Waals surface area contributed by atoms with Gasteiger partial charge >= 0.3 is 5.97 Å². The van der Waals surface area contributed by atoms with Gasteiger partial charge in [-0.05, 0) is 73.5 Å². The van der Waals surface area contributed by atoms with Gasteiger partial charge in [-0.15, -0.1) is 0 Å². The van der Waals surface area contributed by atoms with Crippen molar-refractivity contribution in [2.75, 3.05) is 33.9 Å². The van der Waals surface area contributed by atoms with Gasteiger partial charge < -0.3 is 29.2 Å². The maximum atomic E-state index is 12.7. The molecule has 7 heteroatoms. The highest BCUT2D eigenvalue weighted by Crippen LogP contribution is 2.28. The molecule has 0 saturated heterocycles. The minimum Gasteiger partial charge on any atom is -0.493 e. The summed E-state index contributed by atoms with van der Waals surface area (Å²) in [7, 11) is 3.25. The van der Waals surface area contributed by atoms with E-state index in [9.17, 15) is 4.79 Å². The van der Waals surface area contributed by atoms with Gasteiger partial charge in [0.25, 0.3) is 0 Å². The number of H-pyrrole nitrogens is 1. The van der Waals surface area contributed by atoms with E-state index in [0.717, 1.165) is 34.2 Å². The largest absolute Gasteiger partial charge is 0.493 e. The topological polar surface area (TPSA) is 81.8 Å². The van der Waals surface area contributed by atoms with Crippen molar-refractivity contribution in [3.05, 3.63) is 89.6 Å². The van der Waals surface area contributed by atoms with Crippen molar-refractivity contribution >= 4 is 16.9 Å². The van der Waals surface area contributed by atoms with Crippen molar-refractivity contribution in [3.8, 4) is 17.2 Å². The number of methoxy groups -OCH3 is 2. The zero-order valence-electron chi connectivity index (χ0n) is 20.9. The maximum absolute atomic E-state index is 12.7. The van der Waals surface area contributed by atoms with Crippen LogP contribution in [0.15, 0.2) is 72.9 Å². The number of aromatic amines is 1. The van der Waals surface area contributed by atoms with Crippen LogP contribution in [0.2, 0.25) is 0 Å². The van der Waals surface area contributed by atoms with Crippen LogP contribution >= 0.6 is 0 Å². The Balaban J connectivity index is 1.39. The summed E-state index contributed by atoms with van der Waals surface area (Å²) in [6.07, 6.45) is 2.19. The Kier molecular flexibility index (Phi) is 8.47. The van der Waals surface area contributed by atoms with Crippen LogP contribution in [-0.2, 0) is 11.2 Å². The standard InChI is InChI=1S/C29H32N2O5/c1-20-15-25-24(12-14-31-25)27(16-20)35-19-23(36-29(32)22-7-5-4-6-8-22)18-30-13-11-21-9-10-26(33-2)28(17-21)34-3/h4-10,12,14-17,23,30-31H,11,13,18-19H2,1-3H3. The molecule has 2 N–H and O–H groups in total. The van der Waals surface area contributed by atoms with Crippen LogP contribution in [0.4, 0.5) is 0 Å². The molecule has 0 saturated carbocycles. The number of hydrogen-bond donors (Lipinski definition) is 2. The van der Waals surface area contributed by atoms with E-state index in [4.69, 9.17) is 18.9 Å². The molecule has 0 aliphatic rings. The van der Waals surface area contributed by atoms with E-state index in [1.54, 1.807) is 26.4 Å². The molecule has 188 valence electrons. The molecule has 4 aromatic rings. The Labute approximate surface area is 211 Å². The lowest BCUT2D eigenvalue weighted by atomic mass is 10.1. The number of rotatable bonds is 12. The van der Waals surface area contributed by atoms with Gasteiger partial charge in [0.1, 0.15) is 18.5 Å². The van der Waals surface area contributed by atoms with Crippen LogP contribution in [-0.4, -0.2) is 51.0 Å². The van der Waals surface area contributed by atoms with Crippen molar-refractivity contribution in [3.63, 3.8) is 0 Å². The third-order valence-corrected chi connectivity index (χ3v) is 5.89. The first kappa shape index (κ1) is 25.1. The van der Waals surface area contributed by atoms with E-state index in [1.165, 1.54) is 0 Å². The fourth-order valence-electron chi connectivity index (χ4n) is 4.03. The molecule has 1 heterocycles. The first-order chi connectivity index (χ1) is 17.6. The predicted octanol–water partition coefficient (Wildman–Crippen LogP) is 4.93. The number of benzene rings is 3. The number of nitrogens with one attached hydrogen (secondary N) is 2. The molecule has 1 aromatic heterocycles. The van der Waals surface area contributed by atoms with Gasteiger partial charge in [0, 0.05) is 23.6 Å². The second-order valence-electron chi connectivity index (χ2n) is 8.55. The van der Waals surface area contributed by atoms with Crippen molar-refractivity contribution in [2.24, 2.45) is 0 Å². The molecule has 0 aliphatic heterocycles. The number of esters is 1. The molecule has 4 rings (SSSR count). The van der Waals surface area contributed by atoms with Gasteiger partial charge in [0.15, 0.2) is 11.5 Å². The van der Waals surface area contributed by atoms with E-state index in [2.05, 4.69) is 16.4 Å². The van der Waals surface area contributed by atoms with Crippen molar-refractivity contribution in [1.82, 2.24) is 10.3 Å². The quantitative estimate of drug-likeness (QED) is 0.217. The number of carbonyl (C=O) groups is 1. The van der Waals surface area contributed by atoms with E-state index in [1.807, 2.05) is 61.7 Å². The van der Waals surface area contributed by atoms with Crippen LogP contribution in [0.5, 0.6) is 17.2 Å². The number of carbonyl (C=O) groups excluding carboxylic acids is 1. The van der Waals surface area contributed by atoms with Crippen molar-refractivity contribution in [1.29, 1.82) is 0 Å². The van der Waals surface area contributed by atoms with Crippen LogP contribution in [0.1, 0.15) is 21.5 Å². The van der Waals surface area contributed by atoms with Gasteiger partial charge in [-0.25, -0.2) is 4.79 Å². The number of hydrogen-bond acceptors (Lipinski definition) is 6. The van der Waals surface area contributed by atoms with E-state index in [-0.39, 0.29) is 12.6 Å². The summed E-state index contributed by atoms with van der Waals surface area (Å²) in [5.41, 5.74) is 3.72. The number of aromatic nitrogens is 1. The average Bonchev–Trinajstić information content (AvgIpc) is 3.38. The molecule has 3 aromatic carbocycles. The monoisotopic (exact) mass is 488 g/mol. The number of aryl methyl sites for hydroxylation is 1. The lowest BCUT2D eigenvalue weighted by Crippen LogP contribution is -2.36. The molecule has 0 radical (unpaired) electrons. The Hall–Kier alpha value is -3.97. The minimum atomic E-state index is -0.474. The van der Waals surface area contributed by atoms with Gasteiger partial charge in [-0.1, -0.05) is 24.3 Å². The summed E-state index contributed by atoms with van der Waals surface area (Å²) in [6.45, 7) is 3.40. The number of ether oxygens (including phenoxy) is 4. The second kappa shape index (κ2) is 12.1. The lowest BCUT2D eigenvalue weighted by Gasteiger charge is -2.20. The molecule has 1 unspecified atom stereocenters. The molecule has 0 aliphatic carbocycles. The van der Waals surface area contributed by atoms with Gasteiger partial charge in [-0.3, -0.25) is 0 Å². The zero-order valence-corrected chi connectivity index (χ0v) is 20.9. The molecular formula is C29H32N2O5. The Morgan fingerprint density at radius 1 is 0.944 bits per heavy atom. The molecule has 0 amide bonds. The SMILES string of the molecule is COc1ccc(CCNCC(COc2cc(C)cc3[nH]ccc23)OC(=O)c2ccccc2)cc1OC. The highest BCUT2D eigenvalue weighted by Gasteiger charge is 2.18. The van der Waals surface area contributed by atoms with Gasteiger partial charge in [-0.2, -0.15) is 0 Å². The molecule has 7 nitrogen and oxygen atoms in total. The van der Waals surface area contributed by atoms with E-state index >= 15 is 0 Å². The van der Waals surface area contributed by atoms with E-state index in [0.29, 0.717) is 30.2 Å². The van der Waals surface area contributed by atoms with Crippen LogP contribution < -0.4 is 19.5 Å². The van der Waals surface area contributed by atoms with E-state index < -0.39 is 6.10 Å². The molecule has 36 heavy (non-hydrogen) atoms. The van der Waals surface area contributed by atoms with Gasteiger partial charge in [0.2, 0.25) is 0 Å². The predicted molar refractivity (Wildman–Crippen MR) is 140 cm³/mol. The minimum absolute atomic E-state index is 0.228. The summed E-state index contributed by atoms with van der Waals surface area (Å²) in [5.74, 6) is 1.79. The molecule has 1 atom stereocenters. The molecule has 0 fully saturated rings. The summed E-state index contributed by atoms with van der Waals surface area (Å²) in [4.78, 5) is 16.0. The summed E-state index contributed by atoms with van der Waals surface area (Å²) >= 11 is 0. The Morgan fingerprint density at radius 3 is 2.53 bits per heavy atom. The summed E-state index contributed by atoms with van der Waals surface area (Å²) in [5, 5.41) is 4.40. The zero-order chi connectivity index (χ0) is 25.3. The lowest BCUT2D eigenvalue weighted by molar-refractivity contribution is 0.0180. The highest BCUT2D eigenvalue weighted by molar-refractivity contribution is 5.89. The average molecular weight is 489 g/mol. The molecule has 0 bridgehead atoms. The van der Waals surface area contributed by atoms with Crippen LogP contribution in [0.3, 0.4) is 0 Å². The fourth-order valence-corrected chi connectivity index (χ4v) is 4.03. The Bertz CT molecular complexity index is 1290. The van der Waals surface area contributed by atoms with Gasteiger partial charge in [0.05, 0.1) is 19.8 Å². The Morgan fingerprint density at radius 2 is 1.75 bits per heavy atom. The third-order valence-electron chi connectivity index (χ3n) is 5.89.